The number of aromatic amines is 1. The maximum atomic E-state index is 12.7. The van der Waals surface area contributed by atoms with Gasteiger partial charge in [0.2, 0.25) is 17.5 Å². The van der Waals surface area contributed by atoms with Gasteiger partial charge in [0.1, 0.15) is 5.82 Å². The highest BCUT2D eigenvalue weighted by Crippen LogP contribution is 2.25. The number of aromatic nitrogens is 3. The summed E-state index contributed by atoms with van der Waals surface area (Å²) in [4.78, 5) is 31.4. The average molecular weight is 354 g/mol. The van der Waals surface area contributed by atoms with E-state index in [2.05, 4.69) is 15.2 Å². The van der Waals surface area contributed by atoms with E-state index in [0.29, 0.717) is 25.5 Å². The van der Waals surface area contributed by atoms with Crippen molar-refractivity contribution >= 4 is 11.7 Å². The van der Waals surface area contributed by atoms with E-state index in [-0.39, 0.29) is 30.0 Å². The van der Waals surface area contributed by atoms with Gasteiger partial charge in [-0.2, -0.15) is 5.10 Å². The van der Waals surface area contributed by atoms with Crippen LogP contribution in [0.4, 0.5) is 0 Å². The van der Waals surface area contributed by atoms with Crippen molar-refractivity contribution in [2.24, 2.45) is 5.92 Å². The summed E-state index contributed by atoms with van der Waals surface area (Å²) in [6.45, 7) is 1.62. The van der Waals surface area contributed by atoms with Gasteiger partial charge in [0.25, 0.3) is 0 Å². The van der Waals surface area contributed by atoms with Crippen LogP contribution in [-0.2, 0) is 16.0 Å². The van der Waals surface area contributed by atoms with E-state index in [0.717, 1.165) is 24.9 Å². The minimum Gasteiger partial charge on any atom is -0.378 e. The van der Waals surface area contributed by atoms with Gasteiger partial charge in [-0.3, -0.25) is 14.7 Å². The average Bonchev–Trinajstić information content (AvgIpc) is 3.28. The Morgan fingerprint density at radius 1 is 1.27 bits per heavy atom. The van der Waals surface area contributed by atoms with Crippen molar-refractivity contribution in [2.45, 2.75) is 31.7 Å². The number of Topliss-reactive ketones (excluding diaryl/α,β-unsaturated/α-hetero) is 1. The van der Waals surface area contributed by atoms with E-state index in [1.54, 1.807) is 0 Å². The Morgan fingerprint density at radius 3 is 2.96 bits per heavy atom. The first-order valence-corrected chi connectivity index (χ1v) is 9.07. The third-order valence-corrected chi connectivity index (χ3v) is 5.07. The molecule has 1 amide bonds. The van der Waals surface area contributed by atoms with Gasteiger partial charge in [-0.15, -0.1) is 0 Å². The van der Waals surface area contributed by atoms with Gasteiger partial charge < -0.3 is 9.64 Å². The minimum absolute atomic E-state index is 0.0263. The number of carbonyl (C=O) groups excluding carboxylic acids is 2. The molecule has 0 radical (unpaired) electrons. The van der Waals surface area contributed by atoms with Crippen LogP contribution < -0.4 is 0 Å². The van der Waals surface area contributed by atoms with Crippen molar-refractivity contribution in [1.82, 2.24) is 20.1 Å². The maximum absolute atomic E-state index is 12.7. The van der Waals surface area contributed by atoms with Gasteiger partial charge in [0.15, 0.2) is 0 Å². The summed E-state index contributed by atoms with van der Waals surface area (Å²) in [5.41, 5.74) is 1.09. The highest BCUT2D eigenvalue weighted by molar-refractivity contribution is 5.95. The zero-order valence-corrected chi connectivity index (χ0v) is 14.6. The van der Waals surface area contributed by atoms with E-state index in [1.165, 1.54) is 0 Å². The lowest BCUT2D eigenvalue weighted by atomic mass is 10.0. The van der Waals surface area contributed by atoms with Crippen LogP contribution in [0.25, 0.3) is 0 Å². The molecule has 26 heavy (non-hydrogen) atoms. The van der Waals surface area contributed by atoms with Crippen LogP contribution in [0.2, 0.25) is 0 Å². The number of hydrogen-bond donors (Lipinski definition) is 1. The first kappa shape index (κ1) is 16.9. The number of nitrogens with one attached hydrogen (secondary N) is 1. The number of amides is 1. The molecule has 4 rings (SSSR count). The Bertz CT molecular complexity index is 789. The Morgan fingerprint density at radius 2 is 2.12 bits per heavy atom. The molecule has 0 aliphatic carbocycles. The predicted molar refractivity (Wildman–Crippen MR) is 93.6 cm³/mol. The molecule has 2 saturated heterocycles. The number of fused-ring (bicyclic) bond motifs is 1. The second kappa shape index (κ2) is 7.37. The van der Waals surface area contributed by atoms with Crippen molar-refractivity contribution in [3.8, 4) is 0 Å². The smallest absolute Gasteiger partial charge is 0.228 e. The van der Waals surface area contributed by atoms with Crippen molar-refractivity contribution in [3.05, 3.63) is 47.5 Å². The van der Waals surface area contributed by atoms with Gasteiger partial charge >= 0.3 is 0 Å². The first-order valence-electron chi connectivity index (χ1n) is 9.07. The number of H-pyrrole nitrogens is 1. The quantitative estimate of drug-likeness (QED) is 0.824. The van der Waals surface area contributed by atoms with Crippen LogP contribution in [-0.4, -0.2) is 57.6 Å². The predicted octanol–water partition coefficient (Wildman–Crippen LogP) is 1.61. The van der Waals surface area contributed by atoms with Crippen LogP contribution in [0.15, 0.2) is 30.3 Å². The van der Waals surface area contributed by atoms with E-state index in [1.807, 2.05) is 35.2 Å². The lowest BCUT2D eigenvalue weighted by Crippen LogP contribution is -2.39. The number of carbonyl (C=O) groups is 2. The second-order valence-corrected chi connectivity index (χ2v) is 6.96. The summed E-state index contributed by atoms with van der Waals surface area (Å²) in [7, 11) is 0. The Balaban J connectivity index is 1.41. The Labute approximate surface area is 151 Å². The molecule has 7 nitrogen and oxygen atoms in total. The fourth-order valence-electron chi connectivity index (χ4n) is 3.70. The van der Waals surface area contributed by atoms with Gasteiger partial charge in [-0.05, 0) is 18.4 Å². The lowest BCUT2D eigenvalue weighted by Gasteiger charge is -2.23. The third kappa shape index (κ3) is 3.53. The molecule has 0 spiro atoms. The number of ketones is 1. The minimum atomic E-state index is -0.443. The van der Waals surface area contributed by atoms with Crippen LogP contribution >= 0.6 is 0 Å². The Hall–Kier alpha value is -2.54. The molecule has 0 bridgehead atoms. The summed E-state index contributed by atoms with van der Waals surface area (Å²) in [6.07, 6.45) is 2.66. The van der Waals surface area contributed by atoms with Crippen molar-refractivity contribution < 1.29 is 14.3 Å². The van der Waals surface area contributed by atoms with Crippen molar-refractivity contribution in [3.63, 3.8) is 0 Å². The van der Waals surface area contributed by atoms with Crippen LogP contribution in [0, 0.1) is 5.92 Å². The summed E-state index contributed by atoms with van der Waals surface area (Å²) < 4.78 is 5.65. The molecule has 136 valence electrons. The molecule has 2 atom stereocenters. The molecule has 2 fully saturated rings. The SMILES string of the molecule is O=C(C[C@H]1COC[C@@H]2CCCN2C1=O)c1n[nH]c(Cc2ccccc2)n1. The van der Waals surface area contributed by atoms with Gasteiger partial charge in [0.05, 0.1) is 25.2 Å². The maximum Gasteiger partial charge on any atom is 0.228 e. The van der Waals surface area contributed by atoms with Crippen LogP contribution in [0.1, 0.15) is 41.3 Å². The molecule has 2 aromatic rings. The highest BCUT2D eigenvalue weighted by atomic mass is 16.5. The van der Waals surface area contributed by atoms with Gasteiger partial charge in [-0.1, -0.05) is 30.3 Å². The molecule has 2 aliphatic heterocycles. The number of benzene rings is 1. The molecule has 7 heteroatoms. The van der Waals surface area contributed by atoms with Crippen LogP contribution in [0.3, 0.4) is 0 Å². The molecule has 3 heterocycles. The van der Waals surface area contributed by atoms with Gasteiger partial charge in [0, 0.05) is 19.4 Å². The number of hydrogen-bond acceptors (Lipinski definition) is 5. The zero-order valence-electron chi connectivity index (χ0n) is 14.6. The number of ether oxygens (including phenoxy) is 1. The molecular weight excluding hydrogens is 332 g/mol. The van der Waals surface area contributed by atoms with E-state index in [4.69, 9.17) is 4.74 Å². The van der Waals surface area contributed by atoms with Gasteiger partial charge in [-0.25, -0.2) is 4.98 Å². The molecule has 1 aromatic carbocycles. The summed E-state index contributed by atoms with van der Waals surface area (Å²) in [5.74, 6) is 0.147. The standard InChI is InChI=1S/C19H22N4O3/c24-16(10-14-11-26-12-15-7-4-8-23(15)19(14)25)18-20-17(21-22-18)9-13-5-2-1-3-6-13/h1-3,5-6,14-15H,4,7-12H2,(H,20,21,22)/t14-,15-/m0/s1. The summed E-state index contributed by atoms with van der Waals surface area (Å²) in [6, 6.07) is 10.0. The zero-order chi connectivity index (χ0) is 17.9. The molecule has 2 aliphatic rings. The molecular formula is C19H22N4O3. The normalized spacial score (nSPS) is 22.9. The van der Waals surface area contributed by atoms with Crippen molar-refractivity contribution in [1.29, 1.82) is 0 Å². The second-order valence-electron chi connectivity index (χ2n) is 6.96. The van der Waals surface area contributed by atoms with E-state index >= 15 is 0 Å². The number of rotatable bonds is 5. The lowest BCUT2D eigenvalue weighted by molar-refractivity contribution is -0.135. The molecule has 0 saturated carbocycles. The van der Waals surface area contributed by atoms with Crippen molar-refractivity contribution in [2.75, 3.05) is 19.8 Å². The molecule has 1 N–H and O–H groups in total. The third-order valence-electron chi connectivity index (χ3n) is 5.07. The fraction of sp³-hybridized carbons (Fsp3) is 0.474. The fourth-order valence-corrected chi connectivity index (χ4v) is 3.70. The van der Waals surface area contributed by atoms with Crippen LogP contribution in [0.5, 0.6) is 0 Å². The van der Waals surface area contributed by atoms with E-state index < -0.39 is 5.92 Å². The monoisotopic (exact) mass is 354 g/mol. The topological polar surface area (TPSA) is 88.2 Å². The van der Waals surface area contributed by atoms with E-state index in [9.17, 15) is 9.59 Å². The summed E-state index contributed by atoms with van der Waals surface area (Å²) >= 11 is 0. The first-order chi connectivity index (χ1) is 12.7. The number of nitrogens with zero attached hydrogens (tertiary/aromatic N) is 3. The summed E-state index contributed by atoms with van der Waals surface area (Å²) in [5, 5.41) is 6.87. The highest BCUT2D eigenvalue weighted by Gasteiger charge is 2.37. The molecule has 1 aromatic heterocycles. The molecule has 0 unspecified atom stereocenters. The largest absolute Gasteiger partial charge is 0.378 e. The Kier molecular flexibility index (Phi) is 4.79.